The minimum atomic E-state index is 0.511. The van der Waals surface area contributed by atoms with Crippen molar-refractivity contribution in [2.75, 3.05) is 32.5 Å². The Hall–Kier alpha value is -1.55. The van der Waals surface area contributed by atoms with Crippen LogP contribution in [0.3, 0.4) is 0 Å². The summed E-state index contributed by atoms with van der Waals surface area (Å²) in [5.41, 5.74) is 8.24. The molecule has 0 saturated carbocycles. The van der Waals surface area contributed by atoms with E-state index in [9.17, 15) is 0 Å². The fourth-order valence-corrected chi connectivity index (χ4v) is 2.28. The number of guanidine groups is 1. The Morgan fingerprint density at radius 3 is 2.32 bits per heavy atom. The van der Waals surface area contributed by atoms with E-state index in [1.54, 1.807) is 0 Å². The van der Waals surface area contributed by atoms with E-state index in [1.165, 1.54) is 37.8 Å². The molecule has 0 amide bonds. The van der Waals surface area contributed by atoms with Gasteiger partial charge in [0.1, 0.15) is 0 Å². The van der Waals surface area contributed by atoms with Gasteiger partial charge >= 0.3 is 0 Å². The molecule has 0 radical (unpaired) electrons. The van der Waals surface area contributed by atoms with Gasteiger partial charge < -0.3 is 16.0 Å². The fourth-order valence-electron chi connectivity index (χ4n) is 2.28. The van der Waals surface area contributed by atoms with Gasteiger partial charge in [-0.25, -0.2) is 0 Å². The van der Waals surface area contributed by atoms with Crippen LogP contribution in [0.4, 0.5) is 5.69 Å². The average molecular weight is 304 g/mol. The maximum absolute atomic E-state index is 5.91. The molecule has 124 valence electrons. The number of hydrogen-bond acceptors (Lipinski definition) is 2. The van der Waals surface area contributed by atoms with Gasteiger partial charge in [0, 0.05) is 12.2 Å². The third kappa shape index (κ3) is 8.67. The quantitative estimate of drug-likeness (QED) is 0.395. The Labute approximate surface area is 135 Å². The molecule has 22 heavy (non-hydrogen) atoms. The second kappa shape index (κ2) is 11.1. The number of rotatable bonds is 10. The summed E-state index contributed by atoms with van der Waals surface area (Å²) in [5.74, 6) is 0.511. The Bertz CT molecular complexity index is 423. The van der Waals surface area contributed by atoms with E-state index in [-0.39, 0.29) is 0 Å². The maximum atomic E-state index is 5.91. The van der Waals surface area contributed by atoms with Crippen molar-refractivity contribution in [1.82, 2.24) is 4.90 Å². The van der Waals surface area contributed by atoms with E-state index < -0.39 is 0 Å². The number of benzene rings is 1. The normalized spacial score (nSPS) is 11.9. The van der Waals surface area contributed by atoms with Crippen molar-refractivity contribution in [3.8, 4) is 0 Å². The number of nitrogens with zero attached hydrogens (tertiary/aromatic N) is 2. The van der Waals surface area contributed by atoms with Crippen LogP contribution in [0.5, 0.6) is 0 Å². The van der Waals surface area contributed by atoms with Crippen LogP contribution >= 0.6 is 0 Å². The minimum Gasteiger partial charge on any atom is -0.370 e. The van der Waals surface area contributed by atoms with Crippen molar-refractivity contribution in [3.63, 3.8) is 0 Å². The summed E-state index contributed by atoms with van der Waals surface area (Å²) >= 11 is 0. The monoisotopic (exact) mass is 304 g/mol. The van der Waals surface area contributed by atoms with Crippen molar-refractivity contribution in [3.05, 3.63) is 29.8 Å². The number of aliphatic imine (C=N–C) groups is 1. The molecule has 1 rings (SSSR count). The highest BCUT2D eigenvalue weighted by molar-refractivity contribution is 5.92. The van der Waals surface area contributed by atoms with Crippen molar-refractivity contribution >= 4 is 11.6 Å². The first-order valence-electron chi connectivity index (χ1n) is 8.42. The molecule has 0 bridgehead atoms. The highest BCUT2D eigenvalue weighted by Crippen LogP contribution is 2.09. The third-order valence-electron chi connectivity index (χ3n) is 3.68. The molecule has 0 heterocycles. The highest BCUT2D eigenvalue weighted by Gasteiger charge is 1.96. The minimum absolute atomic E-state index is 0.511. The maximum Gasteiger partial charge on any atom is 0.193 e. The van der Waals surface area contributed by atoms with Gasteiger partial charge in [-0.1, -0.05) is 38.3 Å². The lowest BCUT2D eigenvalue weighted by molar-refractivity contribution is 0.390. The molecule has 0 aliphatic heterocycles. The zero-order valence-electron chi connectivity index (χ0n) is 14.4. The van der Waals surface area contributed by atoms with E-state index in [0.29, 0.717) is 5.96 Å². The number of nitrogens with two attached hydrogens (primary N) is 1. The SMILES string of the molecule is CCc1ccc(NC(N)=NCCCCCCCN(C)C)cc1. The topological polar surface area (TPSA) is 53.6 Å². The predicted molar refractivity (Wildman–Crippen MR) is 97.6 cm³/mol. The molecule has 1 aromatic rings. The molecule has 0 saturated heterocycles. The summed E-state index contributed by atoms with van der Waals surface area (Å²) in [6, 6.07) is 8.32. The van der Waals surface area contributed by atoms with E-state index in [1.807, 2.05) is 12.1 Å². The first kappa shape index (κ1) is 18.5. The molecule has 3 N–H and O–H groups in total. The molecule has 0 aliphatic rings. The van der Waals surface area contributed by atoms with Crippen LogP contribution < -0.4 is 11.1 Å². The standard InChI is InChI=1S/C18H32N4/c1-4-16-10-12-17(13-11-16)21-18(19)20-14-8-6-5-7-9-15-22(2)3/h10-13H,4-9,14-15H2,1-3H3,(H3,19,20,21). The largest absolute Gasteiger partial charge is 0.370 e. The Morgan fingerprint density at radius 1 is 1.05 bits per heavy atom. The Balaban J connectivity index is 2.12. The smallest absolute Gasteiger partial charge is 0.193 e. The molecule has 0 aliphatic carbocycles. The summed E-state index contributed by atoms with van der Waals surface area (Å²) in [5, 5.41) is 3.14. The highest BCUT2D eigenvalue weighted by atomic mass is 15.1. The summed E-state index contributed by atoms with van der Waals surface area (Å²) in [6.45, 7) is 4.14. The van der Waals surface area contributed by atoms with Gasteiger partial charge in [-0.15, -0.1) is 0 Å². The van der Waals surface area contributed by atoms with Gasteiger partial charge in [0.25, 0.3) is 0 Å². The number of hydrogen-bond donors (Lipinski definition) is 2. The summed E-state index contributed by atoms with van der Waals surface area (Å²) in [4.78, 5) is 6.62. The molecule has 0 fully saturated rings. The van der Waals surface area contributed by atoms with Crippen LogP contribution in [-0.2, 0) is 6.42 Å². The van der Waals surface area contributed by atoms with E-state index in [2.05, 4.69) is 48.4 Å². The summed E-state index contributed by atoms with van der Waals surface area (Å²) in [7, 11) is 4.25. The van der Waals surface area contributed by atoms with Crippen LogP contribution in [0.25, 0.3) is 0 Å². The molecular formula is C18H32N4. The van der Waals surface area contributed by atoms with Crippen LogP contribution in [0.1, 0.15) is 44.6 Å². The van der Waals surface area contributed by atoms with Crippen molar-refractivity contribution in [2.24, 2.45) is 10.7 Å². The van der Waals surface area contributed by atoms with Crippen LogP contribution in [0.2, 0.25) is 0 Å². The van der Waals surface area contributed by atoms with Gasteiger partial charge in [-0.05, 0) is 57.6 Å². The van der Waals surface area contributed by atoms with Crippen molar-refractivity contribution in [2.45, 2.75) is 45.4 Å². The zero-order valence-corrected chi connectivity index (χ0v) is 14.4. The number of unbranched alkanes of at least 4 members (excludes halogenated alkanes) is 4. The molecule has 1 aromatic carbocycles. The molecule has 0 spiro atoms. The predicted octanol–water partition coefficient (Wildman–Crippen LogP) is 3.49. The first-order chi connectivity index (χ1) is 10.6. The van der Waals surface area contributed by atoms with E-state index >= 15 is 0 Å². The van der Waals surface area contributed by atoms with Gasteiger partial charge in [0.15, 0.2) is 5.96 Å². The lowest BCUT2D eigenvalue weighted by atomic mass is 10.1. The first-order valence-corrected chi connectivity index (χ1v) is 8.42. The molecular weight excluding hydrogens is 272 g/mol. The third-order valence-corrected chi connectivity index (χ3v) is 3.68. The summed E-state index contributed by atoms with van der Waals surface area (Å²) < 4.78 is 0. The van der Waals surface area contributed by atoms with Gasteiger partial charge in [-0.2, -0.15) is 0 Å². The van der Waals surface area contributed by atoms with Crippen molar-refractivity contribution < 1.29 is 0 Å². The summed E-state index contributed by atoms with van der Waals surface area (Å²) in [6.07, 6.45) is 7.27. The zero-order chi connectivity index (χ0) is 16.2. The molecule has 0 aromatic heterocycles. The van der Waals surface area contributed by atoms with Gasteiger partial charge in [-0.3, -0.25) is 4.99 Å². The molecule has 0 atom stereocenters. The van der Waals surface area contributed by atoms with Crippen LogP contribution in [-0.4, -0.2) is 38.0 Å². The second-order valence-corrected chi connectivity index (χ2v) is 6.01. The average Bonchev–Trinajstić information content (AvgIpc) is 2.50. The molecule has 4 nitrogen and oxygen atoms in total. The Kier molecular flexibility index (Phi) is 9.31. The number of aryl methyl sites for hydroxylation is 1. The van der Waals surface area contributed by atoms with Gasteiger partial charge in [0.2, 0.25) is 0 Å². The van der Waals surface area contributed by atoms with Crippen LogP contribution in [0.15, 0.2) is 29.3 Å². The second-order valence-electron chi connectivity index (χ2n) is 6.01. The number of nitrogens with one attached hydrogen (secondary N) is 1. The van der Waals surface area contributed by atoms with Crippen molar-refractivity contribution in [1.29, 1.82) is 0 Å². The van der Waals surface area contributed by atoms with E-state index in [0.717, 1.165) is 25.1 Å². The van der Waals surface area contributed by atoms with Crippen LogP contribution in [0, 0.1) is 0 Å². The lowest BCUT2D eigenvalue weighted by Crippen LogP contribution is -2.22. The number of anilines is 1. The molecule has 4 heteroatoms. The van der Waals surface area contributed by atoms with Gasteiger partial charge in [0.05, 0.1) is 0 Å². The Morgan fingerprint density at radius 2 is 1.68 bits per heavy atom. The lowest BCUT2D eigenvalue weighted by Gasteiger charge is -2.08. The van der Waals surface area contributed by atoms with E-state index in [4.69, 9.17) is 5.73 Å². The molecule has 0 unspecified atom stereocenters. The fraction of sp³-hybridized carbons (Fsp3) is 0.611.